The largest absolute Gasteiger partial charge is 0.383 e. The van der Waals surface area contributed by atoms with Crippen molar-refractivity contribution in [2.75, 3.05) is 28.6 Å². The number of hydrogen-bond donors (Lipinski definition) is 2. The van der Waals surface area contributed by atoms with E-state index in [0.29, 0.717) is 19.5 Å². The molecule has 0 fully saturated rings. The molecule has 0 atom stereocenters. The number of H-pyrrole nitrogens is 1. The van der Waals surface area contributed by atoms with Crippen LogP contribution in [0.25, 0.3) is 0 Å². The number of hydrogen-bond acceptors (Lipinski definition) is 5. The third kappa shape index (κ3) is 6.16. The van der Waals surface area contributed by atoms with Gasteiger partial charge in [0.1, 0.15) is 11.5 Å². The number of carbonyl (C=O) groups is 1. The SMILES string of the molecule is CCCN(CC(=O)N(Cc1ccccc1)c1ccccc1)c1c(N)n(Cc2ccccc2)c(=O)[nH]c1=O. The molecule has 0 spiro atoms. The van der Waals surface area contributed by atoms with Gasteiger partial charge in [-0.25, -0.2) is 4.79 Å². The molecule has 8 nitrogen and oxygen atoms in total. The minimum Gasteiger partial charge on any atom is -0.383 e. The number of anilines is 3. The summed E-state index contributed by atoms with van der Waals surface area (Å²) >= 11 is 0. The summed E-state index contributed by atoms with van der Waals surface area (Å²) in [6, 6.07) is 28.5. The van der Waals surface area contributed by atoms with E-state index < -0.39 is 11.2 Å². The molecule has 1 aromatic heterocycles. The van der Waals surface area contributed by atoms with E-state index in [1.54, 1.807) is 9.80 Å². The quantitative estimate of drug-likeness (QED) is 0.348. The number of carbonyl (C=O) groups excluding carboxylic acids is 1. The Bertz CT molecular complexity index is 1430. The van der Waals surface area contributed by atoms with E-state index in [2.05, 4.69) is 4.98 Å². The maximum atomic E-state index is 13.7. The number of aromatic amines is 1. The highest BCUT2D eigenvalue weighted by Crippen LogP contribution is 2.21. The number of para-hydroxylation sites is 1. The molecule has 8 heteroatoms. The first-order chi connectivity index (χ1) is 18.0. The molecule has 0 unspecified atom stereocenters. The standard InChI is InChI=1S/C29H31N5O3/c1-2-18-32(26-27(30)34(29(37)31-28(26)36)20-23-14-8-4-9-15-23)21-25(35)33(24-16-10-5-11-17-24)19-22-12-6-3-7-13-22/h3-17H,2,18-21,30H2,1H3,(H,31,36,37). The second kappa shape index (κ2) is 11.9. The van der Waals surface area contributed by atoms with Crippen molar-refractivity contribution in [1.29, 1.82) is 0 Å². The smallest absolute Gasteiger partial charge is 0.330 e. The zero-order valence-corrected chi connectivity index (χ0v) is 20.8. The zero-order chi connectivity index (χ0) is 26.2. The molecule has 0 radical (unpaired) electrons. The maximum Gasteiger partial charge on any atom is 0.330 e. The van der Waals surface area contributed by atoms with E-state index in [0.717, 1.165) is 16.8 Å². The van der Waals surface area contributed by atoms with E-state index in [9.17, 15) is 14.4 Å². The first-order valence-corrected chi connectivity index (χ1v) is 12.3. The van der Waals surface area contributed by atoms with Crippen molar-refractivity contribution < 1.29 is 4.79 Å². The van der Waals surface area contributed by atoms with Gasteiger partial charge >= 0.3 is 5.69 Å². The van der Waals surface area contributed by atoms with Crippen LogP contribution in [-0.4, -0.2) is 28.5 Å². The third-order valence-electron chi connectivity index (χ3n) is 6.09. The molecule has 3 N–H and O–H groups in total. The average Bonchev–Trinajstić information content (AvgIpc) is 2.91. The number of rotatable bonds is 10. The van der Waals surface area contributed by atoms with Gasteiger partial charge in [0.15, 0.2) is 0 Å². The maximum absolute atomic E-state index is 13.7. The number of nitrogens with one attached hydrogen (secondary N) is 1. The number of nitrogens with zero attached hydrogens (tertiary/aromatic N) is 3. The van der Waals surface area contributed by atoms with E-state index >= 15 is 0 Å². The van der Waals surface area contributed by atoms with Crippen LogP contribution in [0, 0.1) is 0 Å². The van der Waals surface area contributed by atoms with E-state index in [1.165, 1.54) is 4.57 Å². The van der Waals surface area contributed by atoms with Crippen LogP contribution in [0.15, 0.2) is 101 Å². The van der Waals surface area contributed by atoms with Gasteiger partial charge in [-0.3, -0.25) is 19.1 Å². The fourth-order valence-electron chi connectivity index (χ4n) is 4.29. The molecule has 1 amide bonds. The summed E-state index contributed by atoms with van der Waals surface area (Å²) in [6.07, 6.45) is 0.675. The molecule has 0 aliphatic rings. The molecule has 1 heterocycles. The van der Waals surface area contributed by atoms with Crippen LogP contribution in [0.1, 0.15) is 24.5 Å². The summed E-state index contributed by atoms with van der Waals surface area (Å²) in [6.45, 7) is 2.88. The lowest BCUT2D eigenvalue weighted by atomic mass is 10.2. The van der Waals surface area contributed by atoms with Gasteiger partial charge in [-0.15, -0.1) is 0 Å². The summed E-state index contributed by atoms with van der Waals surface area (Å²) in [5, 5.41) is 0. The van der Waals surface area contributed by atoms with Gasteiger partial charge in [-0.05, 0) is 29.7 Å². The summed E-state index contributed by atoms with van der Waals surface area (Å²) in [4.78, 5) is 45.1. The zero-order valence-electron chi connectivity index (χ0n) is 20.8. The molecule has 0 aliphatic heterocycles. The monoisotopic (exact) mass is 497 g/mol. The Morgan fingerprint density at radius 1 is 0.865 bits per heavy atom. The molecule has 0 saturated carbocycles. The Morgan fingerprint density at radius 2 is 1.43 bits per heavy atom. The molecule has 0 saturated heterocycles. The van der Waals surface area contributed by atoms with Gasteiger partial charge in [0.2, 0.25) is 5.91 Å². The van der Waals surface area contributed by atoms with Gasteiger partial charge in [0, 0.05) is 12.2 Å². The van der Waals surface area contributed by atoms with Crippen molar-refractivity contribution in [2.45, 2.75) is 26.4 Å². The Kier molecular flexibility index (Phi) is 8.20. The Morgan fingerprint density at radius 3 is 2.03 bits per heavy atom. The lowest BCUT2D eigenvalue weighted by molar-refractivity contribution is -0.117. The molecule has 3 aromatic carbocycles. The predicted molar refractivity (Wildman–Crippen MR) is 148 cm³/mol. The lowest BCUT2D eigenvalue weighted by Crippen LogP contribution is -2.44. The van der Waals surface area contributed by atoms with Crippen molar-refractivity contribution in [3.63, 3.8) is 0 Å². The molecule has 4 aromatic rings. The van der Waals surface area contributed by atoms with Crippen molar-refractivity contribution in [3.05, 3.63) is 123 Å². The number of nitrogens with two attached hydrogens (primary N) is 1. The van der Waals surface area contributed by atoms with Crippen molar-refractivity contribution >= 4 is 23.1 Å². The highest BCUT2D eigenvalue weighted by molar-refractivity contribution is 5.96. The third-order valence-corrected chi connectivity index (χ3v) is 6.09. The lowest BCUT2D eigenvalue weighted by Gasteiger charge is -2.29. The van der Waals surface area contributed by atoms with Crippen LogP contribution in [0.5, 0.6) is 0 Å². The topological polar surface area (TPSA) is 104 Å². The summed E-state index contributed by atoms with van der Waals surface area (Å²) in [5.41, 5.74) is 7.95. The van der Waals surface area contributed by atoms with Gasteiger partial charge in [-0.2, -0.15) is 0 Å². The molecular weight excluding hydrogens is 466 g/mol. The highest BCUT2D eigenvalue weighted by atomic mass is 16.2. The van der Waals surface area contributed by atoms with Crippen LogP contribution >= 0.6 is 0 Å². The second-order valence-corrected chi connectivity index (χ2v) is 8.79. The summed E-state index contributed by atoms with van der Waals surface area (Å²) < 4.78 is 1.33. The van der Waals surface area contributed by atoms with Crippen LogP contribution in [0.4, 0.5) is 17.2 Å². The Hall–Kier alpha value is -4.59. The fourth-order valence-corrected chi connectivity index (χ4v) is 4.29. The van der Waals surface area contributed by atoms with Crippen molar-refractivity contribution in [3.8, 4) is 0 Å². The number of amides is 1. The summed E-state index contributed by atoms with van der Waals surface area (Å²) in [5.74, 6) is -0.156. The van der Waals surface area contributed by atoms with E-state index in [4.69, 9.17) is 5.73 Å². The van der Waals surface area contributed by atoms with Gasteiger partial charge < -0.3 is 15.5 Å². The first kappa shape index (κ1) is 25.5. The van der Waals surface area contributed by atoms with E-state index in [-0.39, 0.29) is 30.5 Å². The van der Waals surface area contributed by atoms with Crippen LogP contribution in [0.2, 0.25) is 0 Å². The number of benzene rings is 3. The average molecular weight is 498 g/mol. The summed E-state index contributed by atoms with van der Waals surface area (Å²) in [7, 11) is 0. The Labute approximate surface area is 215 Å². The van der Waals surface area contributed by atoms with E-state index in [1.807, 2.05) is 97.9 Å². The molecular formula is C29H31N5O3. The fraction of sp³-hybridized carbons (Fsp3) is 0.207. The minimum atomic E-state index is -0.609. The van der Waals surface area contributed by atoms with Crippen LogP contribution in [-0.2, 0) is 17.9 Å². The van der Waals surface area contributed by atoms with Gasteiger partial charge in [0.05, 0.1) is 19.6 Å². The van der Waals surface area contributed by atoms with Crippen molar-refractivity contribution in [1.82, 2.24) is 9.55 Å². The predicted octanol–water partition coefficient (Wildman–Crippen LogP) is 3.62. The molecule has 37 heavy (non-hydrogen) atoms. The molecule has 4 rings (SSSR count). The molecule has 0 bridgehead atoms. The normalized spacial score (nSPS) is 10.7. The minimum absolute atomic E-state index is 0.0353. The van der Waals surface area contributed by atoms with Crippen LogP contribution < -0.4 is 26.8 Å². The van der Waals surface area contributed by atoms with Crippen LogP contribution in [0.3, 0.4) is 0 Å². The van der Waals surface area contributed by atoms with Crippen molar-refractivity contribution in [2.24, 2.45) is 0 Å². The molecule has 190 valence electrons. The number of aromatic nitrogens is 2. The number of nitrogen functional groups attached to an aromatic ring is 1. The first-order valence-electron chi connectivity index (χ1n) is 12.3. The van der Waals surface area contributed by atoms with Gasteiger partial charge in [-0.1, -0.05) is 85.8 Å². The molecule has 0 aliphatic carbocycles. The highest BCUT2D eigenvalue weighted by Gasteiger charge is 2.24. The Balaban J connectivity index is 1.68. The van der Waals surface area contributed by atoms with Gasteiger partial charge in [0.25, 0.3) is 5.56 Å². The second-order valence-electron chi connectivity index (χ2n) is 8.79.